The van der Waals surface area contributed by atoms with Crippen molar-refractivity contribution in [2.24, 2.45) is 23.3 Å². The normalized spacial score (nSPS) is 27.1. The van der Waals surface area contributed by atoms with Gasteiger partial charge in [0, 0.05) is 35.5 Å². The second kappa shape index (κ2) is 10.7. The fourth-order valence-corrected chi connectivity index (χ4v) is 4.75. The number of likely N-dealkylation sites (tertiary alicyclic amines) is 1. The molecule has 0 spiro atoms. The van der Waals surface area contributed by atoms with E-state index >= 15 is 0 Å². The lowest BCUT2D eigenvalue weighted by molar-refractivity contribution is -0.131. The molecule has 0 radical (unpaired) electrons. The van der Waals surface area contributed by atoms with Gasteiger partial charge in [0.05, 0.1) is 18.3 Å². The molecule has 2 unspecified atom stereocenters. The summed E-state index contributed by atoms with van der Waals surface area (Å²) in [6.07, 6.45) is 4.79. The number of nitrogens with two attached hydrogens (primary N) is 2. The molecule has 0 amide bonds. The van der Waals surface area contributed by atoms with Crippen LogP contribution in [0, 0.1) is 23.5 Å². The van der Waals surface area contributed by atoms with Crippen molar-refractivity contribution in [2.75, 3.05) is 26.7 Å². The van der Waals surface area contributed by atoms with E-state index in [9.17, 15) is 18.4 Å². The molecular weight excluding hydrogens is 444 g/mol. The number of hydrogen-bond acceptors (Lipinski definition) is 7. The van der Waals surface area contributed by atoms with E-state index in [0.717, 1.165) is 44.5 Å². The number of hydrogen-bond donors (Lipinski definition) is 2. The van der Waals surface area contributed by atoms with Crippen molar-refractivity contribution in [3.8, 4) is 5.75 Å². The molecule has 2 atom stereocenters. The van der Waals surface area contributed by atoms with Crippen LogP contribution < -0.4 is 16.2 Å². The molecule has 190 valence electrons. The molecule has 0 aromatic heterocycles. The maximum atomic E-state index is 14.2. The molecule has 1 heterocycles. The van der Waals surface area contributed by atoms with Gasteiger partial charge in [0.15, 0.2) is 5.78 Å². The molecule has 1 aromatic carbocycles. The fraction of sp³-hybridized carbons (Fsp3) is 0.680. The molecule has 4 rings (SSSR count). The van der Waals surface area contributed by atoms with E-state index in [1.807, 2.05) is 0 Å². The van der Waals surface area contributed by atoms with Gasteiger partial charge in [0.1, 0.15) is 17.4 Å². The lowest BCUT2D eigenvalue weighted by Gasteiger charge is -2.35. The number of carbonyl (C=O) groups is 2. The molecule has 9 heteroatoms. The minimum Gasteiger partial charge on any atom is -0.493 e. The molecule has 1 saturated heterocycles. The molecule has 1 aromatic rings. The summed E-state index contributed by atoms with van der Waals surface area (Å²) in [4.78, 5) is 23.7. The van der Waals surface area contributed by atoms with Crippen LogP contribution in [-0.4, -0.2) is 61.1 Å². The maximum absolute atomic E-state index is 14.2. The molecular formula is C25H37F2N3O4. The largest absolute Gasteiger partial charge is 0.493 e. The Hall–Kier alpha value is -2.10. The zero-order valence-corrected chi connectivity index (χ0v) is 20.3. The minimum absolute atomic E-state index is 0.0301. The molecule has 1 aliphatic heterocycles. The zero-order chi connectivity index (χ0) is 25.1. The predicted octanol–water partition coefficient (Wildman–Crippen LogP) is 3.03. The smallest absolute Gasteiger partial charge is 0.293 e. The lowest BCUT2D eigenvalue weighted by Crippen LogP contribution is -2.50. The highest BCUT2D eigenvalue weighted by Crippen LogP contribution is 2.53. The number of halogens is 2. The van der Waals surface area contributed by atoms with Gasteiger partial charge in [-0.1, -0.05) is 0 Å². The second-order valence-electron chi connectivity index (χ2n) is 10.2. The van der Waals surface area contributed by atoms with Gasteiger partial charge in [-0.05, 0) is 72.0 Å². The van der Waals surface area contributed by atoms with E-state index in [-0.39, 0.29) is 29.9 Å². The van der Waals surface area contributed by atoms with Crippen molar-refractivity contribution in [3.05, 3.63) is 29.3 Å². The molecule has 3 aliphatic rings. The van der Waals surface area contributed by atoms with Crippen LogP contribution in [0.5, 0.6) is 5.75 Å². The molecule has 0 bridgehead atoms. The highest BCUT2D eigenvalue weighted by Gasteiger charge is 2.65. The highest BCUT2D eigenvalue weighted by molar-refractivity contribution is 5.99. The number of benzene rings is 1. The van der Waals surface area contributed by atoms with E-state index in [2.05, 4.69) is 16.7 Å². The first-order valence-electron chi connectivity index (χ1n) is 12.0. The van der Waals surface area contributed by atoms with Crippen molar-refractivity contribution in [1.82, 2.24) is 4.90 Å². The zero-order valence-electron chi connectivity index (χ0n) is 20.3. The Bertz CT molecular complexity index is 864. The van der Waals surface area contributed by atoms with Gasteiger partial charge in [-0.3, -0.25) is 9.59 Å². The van der Waals surface area contributed by atoms with Crippen LogP contribution in [0.1, 0.15) is 62.7 Å². The van der Waals surface area contributed by atoms with Gasteiger partial charge < -0.3 is 25.8 Å². The van der Waals surface area contributed by atoms with Gasteiger partial charge >= 0.3 is 0 Å². The predicted molar refractivity (Wildman–Crippen MR) is 124 cm³/mol. The standard InChI is InChI=1S/C21H29F2N3O2.C4H8O2/c1-26-7-4-14(5-8-26)21(25)12-20(21,24)6-9-28-15-10-16(22)18(17(23)11-15)19(27)13-2-3-13;1-4(2)6-3-5/h10-11,13-14H,2-9,12,24-25H2,1H3;3-4H,1-2H3. The molecule has 3 fully saturated rings. The number of piperidine rings is 1. The first kappa shape index (κ1) is 26.5. The van der Waals surface area contributed by atoms with E-state index in [4.69, 9.17) is 16.2 Å². The molecule has 2 saturated carbocycles. The molecule has 4 N–H and O–H groups in total. The SMILES string of the molecule is CC(C)OC=O.CN1CCC(C2(N)CC2(N)CCOc2cc(F)c(C(=O)C3CC3)c(F)c2)CC1. The van der Waals surface area contributed by atoms with Crippen LogP contribution in [0.15, 0.2) is 12.1 Å². The first-order chi connectivity index (χ1) is 16.0. The van der Waals surface area contributed by atoms with Crippen LogP contribution in [0.3, 0.4) is 0 Å². The monoisotopic (exact) mass is 481 g/mol. The topological polar surface area (TPSA) is 108 Å². The average Bonchev–Trinajstić information content (AvgIpc) is 3.66. The Morgan fingerprint density at radius 2 is 1.76 bits per heavy atom. The average molecular weight is 482 g/mol. The third kappa shape index (κ3) is 6.12. The molecule has 34 heavy (non-hydrogen) atoms. The number of ether oxygens (including phenoxy) is 2. The Kier molecular flexibility index (Phi) is 8.31. The molecule has 2 aliphatic carbocycles. The van der Waals surface area contributed by atoms with Crippen LogP contribution >= 0.6 is 0 Å². The summed E-state index contributed by atoms with van der Waals surface area (Å²) in [5, 5.41) is 0. The van der Waals surface area contributed by atoms with Gasteiger partial charge in [-0.2, -0.15) is 0 Å². The summed E-state index contributed by atoms with van der Waals surface area (Å²) in [7, 11) is 2.11. The van der Waals surface area contributed by atoms with E-state index in [0.29, 0.717) is 31.7 Å². The summed E-state index contributed by atoms with van der Waals surface area (Å²) < 4.78 is 38.4. The van der Waals surface area contributed by atoms with E-state index < -0.39 is 28.5 Å². The summed E-state index contributed by atoms with van der Waals surface area (Å²) in [6, 6.07) is 2.17. The maximum Gasteiger partial charge on any atom is 0.293 e. The Balaban J connectivity index is 0.000000481. The van der Waals surface area contributed by atoms with Crippen LogP contribution in [0.2, 0.25) is 0 Å². The summed E-state index contributed by atoms with van der Waals surface area (Å²) in [5.41, 5.74) is 11.8. The lowest BCUT2D eigenvalue weighted by atomic mass is 9.84. The fourth-order valence-electron chi connectivity index (χ4n) is 4.75. The second-order valence-corrected chi connectivity index (χ2v) is 10.2. The van der Waals surface area contributed by atoms with Gasteiger partial charge in [-0.15, -0.1) is 0 Å². The van der Waals surface area contributed by atoms with Crippen LogP contribution in [0.25, 0.3) is 0 Å². The quantitative estimate of drug-likeness (QED) is 0.412. The number of rotatable bonds is 9. The summed E-state index contributed by atoms with van der Waals surface area (Å²) in [5.74, 6) is -1.93. The highest BCUT2D eigenvalue weighted by atomic mass is 19.1. The van der Waals surface area contributed by atoms with Crippen LogP contribution in [-0.2, 0) is 9.53 Å². The van der Waals surface area contributed by atoms with Crippen molar-refractivity contribution in [2.45, 2.75) is 69.6 Å². The Labute approximate surface area is 200 Å². The van der Waals surface area contributed by atoms with Crippen molar-refractivity contribution in [3.63, 3.8) is 0 Å². The van der Waals surface area contributed by atoms with E-state index in [1.165, 1.54) is 0 Å². The third-order valence-electron chi connectivity index (χ3n) is 7.21. The van der Waals surface area contributed by atoms with Crippen molar-refractivity contribution in [1.29, 1.82) is 0 Å². The van der Waals surface area contributed by atoms with Crippen molar-refractivity contribution < 1.29 is 27.8 Å². The first-order valence-corrected chi connectivity index (χ1v) is 12.0. The van der Waals surface area contributed by atoms with Crippen LogP contribution in [0.4, 0.5) is 8.78 Å². The van der Waals surface area contributed by atoms with Gasteiger partial charge in [0.25, 0.3) is 6.47 Å². The molecule has 7 nitrogen and oxygen atoms in total. The van der Waals surface area contributed by atoms with Crippen molar-refractivity contribution >= 4 is 12.3 Å². The van der Waals surface area contributed by atoms with Gasteiger partial charge in [-0.25, -0.2) is 8.78 Å². The Morgan fingerprint density at radius 3 is 2.24 bits per heavy atom. The Morgan fingerprint density at radius 1 is 1.18 bits per heavy atom. The van der Waals surface area contributed by atoms with E-state index in [1.54, 1.807) is 13.8 Å². The number of nitrogens with zero attached hydrogens (tertiary/aromatic N) is 1. The van der Waals surface area contributed by atoms with Gasteiger partial charge in [0.2, 0.25) is 0 Å². The number of ketones is 1. The minimum atomic E-state index is -0.861. The number of carbonyl (C=O) groups excluding carboxylic acids is 2. The third-order valence-corrected chi connectivity index (χ3v) is 7.21. The summed E-state index contributed by atoms with van der Waals surface area (Å²) >= 11 is 0. The summed E-state index contributed by atoms with van der Waals surface area (Å²) in [6.45, 7) is 6.34. The number of Topliss-reactive ketones (excluding diaryl/α,β-unsaturated/α-hetero) is 1.